The van der Waals surface area contributed by atoms with Crippen LogP contribution in [0.5, 0.6) is 0 Å². The van der Waals surface area contributed by atoms with Crippen molar-refractivity contribution < 1.29 is 9.59 Å². The fourth-order valence-electron chi connectivity index (χ4n) is 2.32. The van der Waals surface area contributed by atoms with Gasteiger partial charge in [-0.3, -0.25) is 19.5 Å². The molecule has 0 bridgehead atoms. The molecule has 5 heteroatoms. The maximum absolute atomic E-state index is 12.1. The van der Waals surface area contributed by atoms with Crippen LogP contribution in [0.1, 0.15) is 25.0 Å². The van der Waals surface area contributed by atoms with E-state index in [2.05, 4.69) is 10.3 Å². The predicted molar refractivity (Wildman–Crippen MR) is 65.9 cm³/mol. The smallest absolute Gasteiger partial charge is 0.252 e. The molecule has 1 unspecified atom stereocenters. The minimum atomic E-state index is -0.417. The summed E-state index contributed by atoms with van der Waals surface area (Å²) in [5.41, 5.74) is 1.72. The van der Waals surface area contributed by atoms with Crippen LogP contribution in [0, 0.1) is 6.92 Å². The molecule has 0 spiro atoms. The van der Waals surface area contributed by atoms with Crippen LogP contribution in [0.3, 0.4) is 0 Å². The minimum absolute atomic E-state index is 0.0502. The average Bonchev–Trinajstić information content (AvgIpc) is 3.09. The van der Waals surface area contributed by atoms with Crippen LogP contribution in [-0.2, 0) is 9.59 Å². The van der Waals surface area contributed by atoms with Crippen molar-refractivity contribution in [2.24, 2.45) is 0 Å². The van der Waals surface area contributed by atoms with E-state index in [9.17, 15) is 9.59 Å². The van der Waals surface area contributed by atoms with Crippen molar-refractivity contribution in [3.63, 3.8) is 0 Å². The van der Waals surface area contributed by atoms with Gasteiger partial charge in [-0.05, 0) is 31.9 Å². The highest BCUT2D eigenvalue weighted by atomic mass is 16.2. The van der Waals surface area contributed by atoms with E-state index >= 15 is 0 Å². The van der Waals surface area contributed by atoms with Gasteiger partial charge in [0.2, 0.25) is 5.91 Å². The molecule has 3 rings (SSSR count). The number of hydrogen-bond donors (Lipinski definition) is 1. The SMILES string of the molecule is Cc1cc(NC2CC(=O)N(C3CC3)C2=O)ccn1. The lowest BCUT2D eigenvalue weighted by Gasteiger charge is -2.15. The number of amides is 2. The second kappa shape index (κ2) is 4.08. The molecule has 1 saturated carbocycles. The van der Waals surface area contributed by atoms with E-state index in [0.29, 0.717) is 0 Å². The fraction of sp³-hybridized carbons (Fsp3) is 0.462. The predicted octanol–water partition coefficient (Wildman–Crippen LogP) is 1.09. The first kappa shape index (κ1) is 11.2. The number of aromatic nitrogens is 1. The standard InChI is InChI=1S/C13H15N3O2/c1-8-6-9(4-5-14-8)15-11-7-12(17)16(13(11)18)10-2-3-10/h4-6,10-11H,2-3,7H2,1H3,(H,14,15). The zero-order valence-corrected chi connectivity index (χ0v) is 10.2. The lowest BCUT2D eigenvalue weighted by molar-refractivity contribution is -0.139. The first-order chi connectivity index (χ1) is 8.65. The van der Waals surface area contributed by atoms with Gasteiger partial charge in [-0.25, -0.2) is 0 Å². The van der Waals surface area contributed by atoms with E-state index in [4.69, 9.17) is 0 Å². The molecule has 2 heterocycles. The average molecular weight is 245 g/mol. The number of carbonyl (C=O) groups is 2. The first-order valence-corrected chi connectivity index (χ1v) is 6.20. The Balaban J connectivity index is 1.74. The van der Waals surface area contributed by atoms with E-state index in [1.807, 2.05) is 19.1 Å². The Kier molecular flexibility index (Phi) is 2.54. The molecule has 0 aromatic carbocycles. The summed E-state index contributed by atoms with van der Waals surface area (Å²) in [6, 6.07) is 3.43. The van der Waals surface area contributed by atoms with Crippen LogP contribution < -0.4 is 5.32 Å². The molecule has 18 heavy (non-hydrogen) atoms. The molecule has 1 saturated heterocycles. The third-order valence-corrected chi connectivity index (χ3v) is 3.33. The molecule has 94 valence electrons. The van der Waals surface area contributed by atoms with E-state index in [1.54, 1.807) is 6.20 Å². The summed E-state index contributed by atoms with van der Waals surface area (Å²) >= 11 is 0. The molecule has 1 N–H and O–H groups in total. The summed E-state index contributed by atoms with van der Waals surface area (Å²) in [4.78, 5) is 29.4. The lowest BCUT2D eigenvalue weighted by Crippen LogP contribution is -2.36. The normalized spacial score (nSPS) is 23.6. The van der Waals surface area contributed by atoms with Gasteiger partial charge in [0.1, 0.15) is 6.04 Å². The van der Waals surface area contributed by atoms with E-state index in [-0.39, 0.29) is 24.3 Å². The molecular formula is C13H15N3O2. The van der Waals surface area contributed by atoms with Crippen LogP contribution in [0.4, 0.5) is 5.69 Å². The van der Waals surface area contributed by atoms with E-state index < -0.39 is 6.04 Å². The van der Waals surface area contributed by atoms with Crippen LogP contribution >= 0.6 is 0 Å². The number of aryl methyl sites for hydroxylation is 1. The summed E-state index contributed by atoms with van der Waals surface area (Å²) < 4.78 is 0. The second-order valence-electron chi connectivity index (χ2n) is 4.92. The van der Waals surface area contributed by atoms with Crippen molar-refractivity contribution in [2.75, 3.05) is 5.32 Å². The summed E-state index contributed by atoms with van der Waals surface area (Å²) in [7, 11) is 0. The quantitative estimate of drug-likeness (QED) is 0.810. The molecular weight excluding hydrogens is 230 g/mol. The van der Waals surface area contributed by atoms with Crippen molar-refractivity contribution in [2.45, 2.75) is 38.3 Å². The van der Waals surface area contributed by atoms with Gasteiger partial charge in [-0.2, -0.15) is 0 Å². The molecule has 0 radical (unpaired) electrons. The van der Waals surface area contributed by atoms with Gasteiger partial charge in [0.05, 0.1) is 6.42 Å². The van der Waals surface area contributed by atoms with Gasteiger partial charge in [-0.15, -0.1) is 0 Å². The maximum atomic E-state index is 12.1. The Hall–Kier alpha value is -1.91. The van der Waals surface area contributed by atoms with E-state index in [0.717, 1.165) is 24.2 Å². The van der Waals surface area contributed by atoms with Crippen molar-refractivity contribution >= 4 is 17.5 Å². The Morgan fingerprint density at radius 3 is 2.83 bits per heavy atom. The number of hydrogen-bond acceptors (Lipinski definition) is 4. The third-order valence-electron chi connectivity index (χ3n) is 3.33. The monoisotopic (exact) mass is 245 g/mol. The Morgan fingerprint density at radius 2 is 2.17 bits per heavy atom. The number of nitrogens with zero attached hydrogens (tertiary/aromatic N) is 2. The number of pyridine rings is 1. The third kappa shape index (κ3) is 1.96. The van der Waals surface area contributed by atoms with Crippen molar-refractivity contribution in [1.82, 2.24) is 9.88 Å². The number of likely N-dealkylation sites (tertiary alicyclic amines) is 1. The minimum Gasteiger partial charge on any atom is -0.373 e. The highest BCUT2D eigenvalue weighted by Crippen LogP contribution is 2.32. The topological polar surface area (TPSA) is 62.3 Å². The van der Waals surface area contributed by atoms with Crippen LogP contribution in [-0.4, -0.2) is 33.8 Å². The van der Waals surface area contributed by atoms with Gasteiger partial charge >= 0.3 is 0 Å². The van der Waals surface area contributed by atoms with Gasteiger partial charge in [0.15, 0.2) is 0 Å². The lowest BCUT2D eigenvalue weighted by atomic mass is 10.2. The zero-order chi connectivity index (χ0) is 12.7. The molecule has 2 fully saturated rings. The van der Waals surface area contributed by atoms with Crippen molar-refractivity contribution in [3.8, 4) is 0 Å². The Morgan fingerprint density at radius 1 is 1.39 bits per heavy atom. The summed E-state index contributed by atoms with van der Waals surface area (Å²) in [6.07, 6.45) is 3.87. The number of imide groups is 1. The largest absolute Gasteiger partial charge is 0.373 e. The highest BCUT2D eigenvalue weighted by molar-refractivity contribution is 6.07. The van der Waals surface area contributed by atoms with Gasteiger partial charge in [-0.1, -0.05) is 0 Å². The van der Waals surface area contributed by atoms with Crippen molar-refractivity contribution in [3.05, 3.63) is 24.0 Å². The van der Waals surface area contributed by atoms with Crippen LogP contribution in [0.15, 0.2) is 18.3 Å². The second-order valence-corrected chi connectivity index (χ2v) is 4.92. The Bertz CT molecular complexity index is 511. The molecule has 1 aromatic rings. The van der Waals surface area contributed by atoms with Crippen LogP contribution in [0.2, 0.25) is 0 Å². The molecule has 1 aromatic heterocycles. The molecule has 1 aliphatic heterocycles. The fourth-order valence-corrected chi connectivity index (χ4v) is 2.32. The molecule has 5 nitrogen and oxygen atoms in total. The number of nitrogens with one attached hydrogen (secondary N) is 1. The molecule has 1 aliphatic carbocycles. The summed E-state index contributed by atoms with van der Waals surface area (Å²) in [6.45, 7) is 1.89. The van der Waals surface area contributed by atoms with Gasteiger partial charge in [0.25, 0.3) is 5.91 Å². The Labute approximate surface area is 105 Å². The summed E-state index contributed by atoms with van der Waals surface area (Å²) in [5.74, 6) is -0.136. The first-order valence-electron chi connectivity index (χ1n) is 6.20. The number of rotatable bonds is 3. The highest BCUT2D eigenvalue weighted by Gasteiger charge is 2.46. The molecule has 2 aliphatic rings. The van der Waals surface area contributed by atoms with E-state index in [1.165, 1.54) is 4.90 Å². The number of anilines is 1. The molecule has 1 atom stereocenters. The van der Waals surface area contributed by atoms with Crippen LogP contribution in [0.25, 0.3) is 0 Å². The van der Waals surface area contributed by atoms with Crippen molar-refractivity contribution in [1.29, 1.82) is 0 Å². The molecule has 2 amide bonds. The van der Waals surface area contributed by atoms with Gasteiger partial charge in [0, 0.05) is 23.6 Å². The maximum Gasteiger partial charge on any atom is 0.252 e. The van der Waals surface area contributed by atoms with Gasteiger partial charge < -0.3 is 5.32 Å². The zero-order valence-electron chi connectivity index (χ0n) is 10.2. The number of carbonyl (C=O) groups excluding carboxylic acids is 2. The summed E-state index contributed by atoms with van der Waals surface area (Å²) in [5, 5.41) is 3.12.